The lowest BCUT2D eigenvalue weighted by Gasteiger charge is -2.26. The molecule has 0 saturated heterocycles. The zero-order valence-corrected chi connectivity index (χ0v) is 17.6. The second-order valence-corrected chi connectivity index (χ2v) is 7.76. The summed E-state index contributed by atoms with van der Waals surface area (Å²) in [7, 11) is 2.09. The zero-order valence-electron chi connectivity index (χ0n) is 16.8. The largest absolute Gasteiger partial charge is 0.350 e. The Bertz CT molecular complexity index is 1130. The number of aryl methyl sites for hydroxylation is 2. The van der Waals surface area contributed by atoms with E-state index in [0.717, 1.165) is 23.9 Å². The van der Waals surface area contributed by atoms with Crippen molar-refractivity contribution in [2.24, 2.45) is 7.05 Å². The van der Waals surface area contributed by atoms with Gasteiger partial charge in [-0.05, 0) is 48.0 Å². The van der Waals surface area contributed by atoms with E-state index in [2.05, 4.69) is 95.6 Å². The Balaban J connectivity index is 1.64. The number of nitrogens with one attached hydrogen (secondary N) is 1. The molecule has 4 aromatic rings. The van der Waals surface area contributed by atoms with Crippen LogP contribution in [0.15, 0.2) is 85.1 Å². The second kappa shape index (κ2) is 8.50. The number of anilines is 1. The summed E-state index contributed by atoms with van der Waals surface area (Å²) >= 11 is 5.85. The summed E-state index contributed by atoms with van der Waals surface area (Å²) < 4.78 is 2.18. The molecule has 0 radical (unpaired) electrons. The molecule has 1 aromatic heterocycles. The maximum atomic E-state index is 5.85. The molecule has 0 amide bonds. The molecule has 0 atom stereocenters. The SMILES string of the molecule is Cc1ccccc1NC(=S)N(Cc1ccccc1)Cc1cn(C)c2ccccc12. The van der Waals surface area contributed by atoms with Gasteiger partial charge >= 0.3 is 0 Å². The lowest BCUT2D eigenvalue weighted by atomic mass is 10.1. The molecular weight excluding hydrogens is 374 g/mol. The highest BCUT2D eigenvalue weighted by Gasteiger charge is 2.15. The van der Waals surface area contributed by atoms with Crippen molar-refractivity contribution >= 4 is 33.9 Å². The number of hydrogen-bond donors (Lipinski definition) is 1. The fourth-order valence-corrected chi connectivity index (χ4v) is 3.91. The molecule has 0 fully saturated rings. The van der Waals surface area contributed by atoms with Gasteiger partial charge in [0.15, 0.2) is 5.11 Å². The normalized spacial score (nSPS) is 10.8. The summed E-state index contributed by atoms with van der Waals surface area (Å²) in [6, 6.07) is 27.2. The van der Waals surface area contributed by atoms with Gasteiger partial charge in [-0.15, -0.1) is 0 Å². The fraction of sp³-hybridized carbons (Fsp3) is 0.160. The average Bonchev–Trinajstić information content (AvgIpc) is 3.06. The van der Waals surface area contributed by atoms with Gasteiger partial charge in [0.2, 0.25) is 0 Å². The Morgan fingerprint density at radius 2 is 1.59 bits per heavy atom. The van der Waals surface area contributed by atoms with E-state index in [-0.39, 0.29) is 0 Å². The van der Waals surface area contributed by atoms with Crippen LogP contribution in [-0.4, -0.2) is 14.6 Å². The van der Waals surface area contributed by atoms with Crippen LogP contribution < -0.4 is 5.32 Å². The van der Waals surface area contributed by atoms with Gasteiger partial charge in [-0.1, -0.05) is 66.7 Å². The zero-order chi connectivity index (χ0) is 20.2. The predicted octanol–water partition coefficient (Wildman–Crippen LogP) is 5.89. The summed E-state index contributed by atoms with van der Waals surface area (Å²) in [5.41, 5.74) is 5.97. The molecule has 4 rings (SSSR count). The van der Waals surface area contributed by atoms with E-state index in [4.69, 9.17) is 12.2 Å². The van der Waals surface area contributed by atoms with Crippen LogP contribution in [0, 0.1) is 6.92 Å². The van der Waals surface area contributed by atoms with Crippen LogP contribution in [0.3, 0.4) is 0 Å². The molecule has 0 saturated carbocycles. The Morgan fingerprint density at radius 1 is 0.897 bits per heavy atom. The Labute approximate surface area is 177 Å². The van der Waals surface area contributed by atoms with E-state index in [1.54, 1.807) is 0 Å². The summed E-state index contributed by atoms with van der Waals surface area (Å²) in [5, 5.41) is 5.46. The van der Waals surface area contributed by atoms with E-state index in [0.29, 0.717) is 0 Å². The summed E-state index contributed by atoms with van der Waals surface area (Å²) in [6.07, 6.45) is 2.21. The van der Waals surface area contributed by atoms with Crippen molar-refractivity contribution < 1.29 is 0 Å². The van der Waals surface area contributed by atoms with Crippen LogP contribution in [0.25, 0.3) is 10.9 Å². The Kier molecular flexibility index (Phi) is 5.63. The molecule has 146 valence electrons. The molecule has 0 aliphatic heterocycles. The van der Waals surface area contributed by atoms with Gasteiger partial charge in [-0.3, -0.25) is 0 Å². The van der Waals surface area contributed by atoms with Gasteiger partial charge in [0, 0.05) is 42.9 Å². The number of nitrogens with zero attached hydrogens (tertiary/aromatic N) is 2. The molecule has 0 spiro atoms. The minimum absolute atomic E-state index is 0.732. The first-order valence-electron chi connectivity index (χ1n) is 9.80. The highest BCUT2D eigenvalue weighted by atomic mass is 32.1. The monoisotopic (exact) mass is 399 g/mol. The Morgan fingerprint density at radius 3 is 2.38 bits per heavy atom. The fourth-order valence-electron chi connectivity index (χ4n) is 3.67. The van der Waals surface area contributed by atoms with Crippen LogP contribution in [0.5, 0.6) is 0 Å². The molecule has 0 aliphatic carbocycles. The number of thiocarbonyl (C=S) groups is 1. The van der Waals surface area contributed by atoms with Crippen LogP contribution in [0.4, 0.5) is 5.69 Å². The lowest BCUT2D eigenvalue weighted by molar-refractivity contribution is 0.414. The van der Waals surface area contributed by atoms with Crippen molar-refractivity contribution in [1.29, 1.82) is 0 Å². The van der Waals surface area contributed by atoms with Crippen molar-refractivity contribution in [3.8, 4) is 0 Å². The van der Waals surface area contributed by atoms with Crippen molar-refractivity contribution in [1.82, 2.24) is 9.47 Å². The average molecular weight is 400 g/mol. The van der Waals surface area contributed by atoms with Crippen LogP contribution >= 0.6 is 12.2 Å². The molecule has 4 heteroatoms. The number of benzene rings is 3. The third-order valence-electron chi connectivity index (χ3n) is 5.23. The molecule has 0 aliphatic rings. The first kappa shape index (κ1) is 19.2. The molecule has 0 bridgehead atoms. The number of rotatable bonds is 5. The third-order valence-corrected chi connectivity index (χ3v) is 5.59. The van der Waals surface area contributed by atoms with Crippen LogP contribution in [-0.2, 0) is 20.1 Å². The maximum Gasteiger partial charge on any atom is 0.174 e. The highest BCUT2D eigenvalue weighted by molar-refractivity contribution is 7.80. The van der Waals surface area contributed by atoms with Gasteiger partial charge in [0.25, 0.3) is 0 Å². The lowest BCUT2D eigenvalue weighted by Crippen LogP contribution is -2.34. The minimum atomic E-state index is 0.732. The Hall–Kier alpha value is -3.11. The predicted molar refractivity (Wildman–Crippen MR) is 126 cm³/mol. The van der Waals surface area contributed by atoms with Crippen molar-refractivity contribution in [2.45, 2.75) is 20.0 Å². The van der Waals surface area contributed by atoms with Gasteiger partial charge in [-0.2, -0.15) is 0 Å². The van der Waals surface area contributed by atoms with Crippen molar-refractivity contribution in [3.05, 3.63) is 102 Å². The molecule has 3 nitrogen and oxygen atoms in total. The van der Waals surface area contributed by atoms with Gasteiger partial charge < -0.3 is 14.8 Å². The summed E-state index contributed by atoms with van der Waals surface area (Å²) in [6.45, 7) is 3.59. The molecule has 29 heavy (non-hydrogen) atoms. The molecule has 1 heterocycles. The molecular formula is C25H25N3S. The maximum absolute atomic E-state index is 5.85. The summed E-state index contributed by atoms with van der Waals surface area (Å²) in [5.74, 6) is 0. The first-order valence-corrected chi connectivity index (χ1v) is 10.2. The van der Waals surface area contributed by atoms with E-state index >= 15 is 0 Å². The smallest absolute Gasteiger partial charge is 0.174 e. The minimum Gasteiger partial charge on any atom is -0.350 e. The molecule has 1 N–H and O–H groups in total. The van der Waals surface area contributed by atoms with E-state index in [1.165, 1.54) is 27.6 Å². The van der Waals surface area contributed by atoms with Gasteiger partial charge in [0.05, 0.1) is 0 Å². The highest BCUT2D eigenvalue weighted by Crippen LogP contribution is 2.23. The molecule has 0 unspecified atom stereocenters. The molecule has 3 aromatic carbocycles. The quantitative estimate of drug-likeness (QED) is 0.423. The van der Waals surface area contributed by atoms with E-state index in [1.807, 2.05) is 18.2 Å². The number of aromatic nitrogens is 1. The third kappa shape index (κ3) is 4.33. The van der Waals surface area contributed by atoms with Crippen LogP contribution in [0.1, 0.15) is 16.7 Å². The number of hydrogen-bond acceptors (Lipinski definition) is 1. The number of para-hydroxylation sites is 2. The standard InChI is InChI=1S/C25H25N3S/c1-19-10-6-8-14-23(19)26-25(29)28(16-20-11-4-3-5-12-20)18-21-17-27(2)24-15-9-7-13-22(21)24/h3-15,17H,16,18H2,1-2H3,(H,26,29). The second-order valence-electron chi connectivity index (χ2n) is 7.37. The van der Waals surface area contributed by atoms with Gasteiger partial charge in [0.1, 0.15) is 0 Å². The van der Waals surface area contributed by atoms with Crippen molar-refractivity contribution in [3.63, 3.8) is 0 Å². The first-order chi connectivity index (χ1) is 14.1. The topological polar surface area (TPSA) is 20.2 Å². The van der Waals surface area contributed by atoms with Gasteiger partial charge in [-0.25, -0.2) is 0 Å². The van der Waals surface area contributed by atoms with Crippen LogP contribution in [0.2, 0.25) is 0 Å². The van der Waals surface area contributed by atoms with E-state index in [9.17, 15) is 0 Å². The number of fused-ring (bicyclic) bond motifs is 1. The van der Waals surface area contributed by atoms with E-state index < -0.39 is 0 Å². The van der Waals surface area contributed by atoms with Crippen molar-refractivity contribution in [2.75, 3.05) is 5.32 Å². The summed E-state index contributed by atoms with van der Waals surface area (Å²) in [4.78, 5) is 2.24.